The molecule has 12 nitrogen and oxygen atoms in total. The fourth-order valence-electron chi connectivity index (χ4n) is 5.68. The van der Waals surface area contributed by atoms with Gasteiger partial charge < -0.3 is 33.9 Å². The summed E-state index contributed by atoms with van der Waals surface area (Å²) in [6, 6.07) is 7.87. The van der Waals surface area contributed by atoms with Crippen LogP contribution in [-0.4, -0.2) is 91.9 Å². The first-order valence-corrected chi connectivity index (χ1v) is 16.1. The van der Waals surface area contributed by atoms with E-state index in [9.17, 15) is 9.59 Å². The van der Waals surface area contributed by atoms with Gasteiger partial charge in [-0.15, -0.1) is 0 Å². The number of aromatic nitrogens is 3. The third kappa shape index (κ3) is 8.74. The van der Waals surface area contributed by atoms with Gasteiger partial charge in [-0.05, 0) is 58.4 Å². The largest absolute Gasteiger partial charge is 0.474 e. The summed E-state index contributed by atoms with van der Waals surface area (Å²) in [5, 5.41) is 2.92. The molecule has 1 aliphatic rings. The van der Waals surface area contributed by atoms with Crippen LogP contribution < -0.4 is 14.6 Å². The number of fused-ring (bicyclic) bond motifs is 1. The van der Waals surface area contributed by atoms with Gasteiger partial charge in [0.1, 0.15) is 18.2 Å². The van der Waals surface area contributed by atoms with Crippen molar-refractivity contribution in [3.63, 3.8) is 0 Å². The Bertz CT molecular complexity index is 1450. The average Bonchev–Trinajstić information content (AvgIpc) is 3.35. The minimum Gasteiger partial charge on any atom is -0.474 e. The number of aryl methyl sites for hydroxylation is 2. The summed E-state index contributed by atoms with van der Waals surface area (Å²) in [4.78, 5) is 33.4. The number of carbonyl (C=O) groups excluding carboxylic acids is 2. The van der Waals surface area contributed by atoms with Crippen molar-refractivity contribution in [2.75, 3.05) is 53.7 Å². The van der Waals surface area contributed by atoms with Crippen LogP contribution >= 0.6 is 0 Å². The molecule has 4 rings (SSSR count). The highest BCUT2D eigenvalue weighted by molar-refractivity contribution is 6.06. The maximum Gasteiger partial charge on any atom is 0.408 e. The van der Waals surface area contributed by atoms with Gasteiger partial charge in [-0.2, -0.15) is 0 Å². The molecule has 0 unspecified atom stereocenters. The van der Waals surface area contributed by atoms with E-state index in [1.807, 2.05) is 45.9 Å². The van der Waals surface area contributed by atoms with Crippen molar-refractivity contribution < 1.29 is 37.8 Å². The topological polar surface area (TPSA) is 117 Å². The van der Waals surface area contributed by atoms with Gasteiger partial charge in [0, 0.05) is 58.0 Å². The Balaban J connectivity index is 1.81. The first-order valence-electron chi connectivity index (χ1n) is 16.1. The lowest BCUT2D eigenvalue weighted by Crippen LogP contribution is -2.41. The number of imidazole rings is 1. The molecule has 3 aromatic rings. The van der Waals surface area contributed by atoms with Gasteiger partial charge in [0.2, 0.25) is 5.88 Å². The Morgan fingerprint density at radius 3 is 2.33 bits per heavy atom. The number of alkyl carbamates (subject to hydrolysis) is 1. The van der Waals surface area contributed by atoms with Gasteiger partial charge in [0.15, 0.2) is 11.0 Å². The SMILES string of the molecule is CCn1c(CNC(=O)OC(C)(C)C)[n+](CC)c2cc(-c3ccc(OC4CCOCC4)nc3)cc(C(=O)N(CCOC)CCOC)c21. The third-order valence-corrected chi connectivity index (χ3v) is 7.87. The third-order valence-electron chi connectivity index (χ3n) is 7.87. The van der Waals surface area contributed by atoms with Crippen LogP contribution in [0.2, 0.25) is 0 Å². The van der Waals surface area contributed by atoms with Gasteiger partial charge in [-0.1, -0.05) is 0 Å². The summed E-state index contributed by atoms with van der Waals surface area (Å²) in [6.45, 7) is 14.0. The highest BCUT2D eigenvalue weighted by atomic mass is 16.6. The van der Waals surface area contributed by atoms with Crippen LogP contribution in [0.15, 0.2) is 30.5 Å². The molecule has 2 aromatic heterocycles. The summed E-state index contributed by atoms with van der Waals surface area (Å²) in [6.07, 6.45) is 3.05. The van der Waals surface area contributed by atoms with E-state index in [0.29, 0.717) is 64.0 Å². The zero-order valence-corrected chi connectivity index (χ0v) is 28.4. The molecule has 3 heterocycles. The lowest BCUT2D eigenvalue weighted by Gasteiger charge is -2.23. The molecule has 46 heavy (non-hydrogen) atoms. The number of carbonyl (C=O) groups is 2. The predicted octanol–water partition coefficient (Wildman–Crippen LogP) is 4.35. The Kier molecular flexibility index (Phi) is 12.4. The zero-order valence-electron chi connectivity index (χ0n) is 28.4. The summed E-state index contributed by atoms with van der Waals surface area (Å²) in [5.41, 5.74) is 3.31. The summed E-state index contributed by atoms with van der Waals surface area (Å²) < 4.78 is 32.0. The Hall–Kier alpha value is -3.74. The van der Waals surface area contributed by atoms with Crippen LogP contribution in [0, 0.1) is 0 Å². The summed E-state index contributed by atoms with van der Waals surface area (Å²) in [7, 11) is 3.24. The van der Waals surface area contributed by atoms with Gasteiger partial charge >= 0.3 is 6.09 Å². The van der Waals surface area contributed by atoms with E-state index >= 15 is 0 Å². The quantitative estimate of drug-likeness (QED) is 0.259. The molecule has 1 N–H and O–H groups in total. The smallest absolute Gasteiger partial charge is 0.408 e. The first kappa shape index (κ1) is 35.1. The molecule has 1 fully saturated rings. The Labute approximate surface area is 271 Å². The van der Waals surface area contributed by atoms with E-state index in [4.69, 9.17) is 23.7 Å². The van der Waals surface area contributed by atoms with Crippen LogP contribution in [0.5, 0.6) is 5.88 Å². The minimum absolute atomic E-state index is 0.0860. The highest BCUT2D eigenvalue weighted by Crippen LogP contribution is 2.30. The molecule has 252 valence electrons. The van der Waals surface area contributed by atoms with Crippen LogP contribution in [0.4, 0.5) is 4.79 Å². The van der Waals surface area contributed by atoms with Crippen molar-refractivity contribution in [1.29, 1.82) is 0 Å². The van der Waals surface area contributed by atoms with Gasteiger partial charge in [-0.3, -0.25) is 4.79 Å². The van der Waals surface area contributed by atoms with E-state index in [1.54, 1.807) is 25.3 Å². The molecule has 0 radical (unpaired) electrons. The fourth-order valence-corrected chi connectivity index (χ4v) is 5.68. The van der Waals surface area contributed by atoms with Crippen molar-refractivity contribution in [2.45, 2.75) is 78.8 Å². The van der Waals surface area contributed by atoms with Crippen LogP contribution in [0.3, 0.4) is 0 Å². The van der Waals surface area contributed by atoms with E-state index in [0.717, 1.165) is 40.8 Å². The van der Waals surface area contributed by atoms with Gasteiger partial charge in [0.05, 0.1) is 45.1 Å². The van der Waals surface area contributed by atoms with E-state index in [-0.39, 0.29) is 18.6 Å². The zero-order chi connectivity index (χ0) is 33.3. The lowest BCUT2D eigenvalue weighted by atomic mass is 10.0. The fraction of sp³-hybridized carbons (Fsp3) is 0.588. The van der Waals surface area contributed by atoms with E-state index in [1.165, 1.54) is 0 Å². The van der Waals surface area contributed by atoms with Crippen molar-refractivity contribution >= 4 is 23.0 Å². The number of methoxy groups -OCH3 is 2. The molecule has 12 heteroatoms. The molecular weight excluding hydrogens is 590 g/mol. The molecule has 1 aromatic carbocycles. The average molecular weight is 641 g/mol. The van der Waals surface area contributed by atoms with Crippen LogP contribution in [-0.2, 0) is 38.6 Å². The maximum absolute atomic E-state index is 14.4. The van der Waals surface area contributed by atoms with Gasteiger partial charge in [-0.25, -0.2) is 18.9 Å². The molecule has 0 saturated carbocycles. The molecule has 1 saturated heterocycles. The second kappa shape index (κ2) is 16.2. The number of ether oxygens (including phenoxy) is 5. The minimum atomic E-state index is -0.621. The van der Waals surface area contributed by atoms with Crippen molar-refractivity contribution in [3.8, 4) is 17.0 Å². The molecule has 0 aliphatic carbocycles. The van der Waals surface area contributed by atoms with Gasteiger partial charge in [0.25, 0.3) is 11.7 Å². The number of hydrogen-bond donors (Lipinski definition) is 1. The monoisotopic (exact) mass is 640 g/mol. The molecular formula is C34H50N5O7+. The number of pyridine rings is 1. The Morgan fingerprint density at radius 2 is 1.76 bits per heavy atom. The molecule has 0 atom stereocenters. The number of hydrogen-bond acceptors (Lipinski definition) is 8. The van der Waals surface area contributed by atoms with Crippen LogP contribution in [0.25, 0.3) is 22.2 Å². The second-order valence-corrected chi connectivity index (χ2v) is 12.2. The summed E-state index contributed by atoms with van der Waals surface area (Å²) in [5.74, 6) is 1.29. The number of benzene rings is 1. The number of nitrogens with one attached hydrogen (secondary N) is 1. The van der Waals surface area contributed by atoms with E-state index in [2.05, 4.69) is 32.4 Å². The lowest BCUT2D eigenvalue weighted by molar-refractivity contribution is -0.676. The summed E-state index contributed by atoms with van der Waals surface area (Å²) >= 11 is 0. The Morgan fingerprint density at radius 1 is 1.07 bits per heavy atom. The van der Waals surface area contributed by atoms with Crippen LogP contribution in [0.1, 0.15) is 63.6 Å². The van der Waals surface area contributed by atoms with Crippen molar-refractivity contribution in [1.82, 2.24) is 19.8 Å². The first-order chi connectivity index (χ1) is 22.1. The highest BCUT2D eigenvalue weighted by Gasteiger charge is 2.31. The predicted molar refractivity (Wildman–Crippen MR) is 174 cm³/mol. The standard InChI is InChI=1S/C34H49N5O7/c1-8-38-28-21-25(24-10-11-29(35-22-24)45-26-12-16-44-17-13-26)20-27(32(40)37(14-18-42-6)15-19-43-7)31(28)39(9-2)30(38)23-36-33(41)46-34(3,4)5/h10-11,20-22,26H,8-9,12-19,23H2,1-7H3/p+1. The van der Waals surface area contributed by atoms with E-state index < -0.39 is 11.7 Å². The molecule has 0 spiro atoms. The number of nitrogens with zero attached hydrogens (tertiary/aromatic N) is 4. The molecule has 1 aliphatic heterocycles. The number of rotatable bonds is 14. The van der Waals surface area contributed by atoms with Crippen molar-refractivity contribution in [2.24, 2.45) is 0 Å². The number of amides is 2. The van der Waals surface area contributed by atoms with Crippen molar-refractivity contribution in [3.05, 3.63) is 41.9 Å². The second-order valence-electron chi connectivity index (χ2n) is 12.2. The normalized spacial score (nSPS) is 14.0. The maximum atomic E-state index is 14.4. The molecule has 0 bridgehead atoms. The molecule has 2 amide bonds.